The Labute approximate surface area is 189 Å². The van der Waals surface area contributed by atoms with Crippen LogP contribution >= 0.6 is 11.6 Å². The Morgan fingerprint density at radius 1 is 1.12 bits per heavy atom. The van der Waals surface area contributed by atoms with E-state index >= 15 is 0 Å². The Morgan fingerprint density at radius 3 is 2.44 bits per heavy atom. The maximum atomic E-state index is 13.5. The van der Waals surface area contributed by atoms with Gasteiger partial charge in [-0.25, -0.2) is 5.01 Å². The monoisotopic (exact) mass is 453 g/mol. The summed E-state index contributed by atoms with van der Waals surface area (Å²) in [4.78, 5) is 50.4. The molecule has 4 rings (SSSR count). The largest absolute Gasteiger partial charge is 0.274 e. The Hall–Kier alpha value is -3.52. The lowest BCUT2D eigenvalue weighted by Gasteiger charge is -2.31. The molecule has 1 aliphatic carbocycles. The van der Waals surface area contributed by atoms with E-state index in [-0.39, 0.29) is 22.8 Å². The van der Waals surface area contributed by atoms with Crippen LogP contribution in [0.5, 0.6) is 0 Å². The zero-order valence-corrected chi connectivity index (χ0v) is 18.0. The SMILES string of the molecule is CC1=CC[C@@H]2C(=O)N(N(Cc3ccc([N+](=O)[O-])cc3)C(=O)c3ccccc3Cl)C(=O)[C@@H]2C1. The summed E-state index contributed by atoms with van der Waals surface area (Å²) in [5.74, 6) is -2.46. The first-order chi connectivity index (χ1) is 15.3. The number of carbonyl (C=O) groups is 3. The van der Waals surface area contributed by atoms with Gasteiger partial charge in [0, 0.05) is 12.1 Å². The second kappa shape index (κ2) is 8.55. The van der Waals surface area contributed by atoms with Crippen LogP contribution in [0.15, 0.2) is 60.2 Å². The van der Waals surface area contributed by atoms with Gasteiger partial charge in [-0.3, -0.25) is 24.5 Å². The van der Waals surface area contributed by atoms with Gasteiger partial charge >= 0.3 is 0 Å². The van der Waals surface area contributed by atoms with Crippen LogP contribution in [0.1, 0.15) is 35.7 Å². The standard InChI is InChI=1S/C23H20ClN3O5/c1-14-6-11-17-19(12-14)23(30)26(22(17)29)25(21(28)18-4-2-3-5-20(18)24)13-15-7-9-16(10-8-15)27(31)32/h2-10,17,19H,11-13H2,1H3/t17-,19+/m0/s1. The van der Waals surface area contributed by atoms with Crippen LogP contribution in [0.4, 0.5) is 5.69 Å². The molecule has 8 nitrogen and oxygen atoms in total. The highest BCUT2D eigenvalue weighted by atomic mass is 35.5. The molecule has 0 bridgehead atoms. The highest BCUT2D eigenvalue weighted by Crippen LogP contribution is 2.39. The molecule has 0 N–H and O–H groups in total. The fraction of sp³-hybridized carbons (Fsp3) is 0.261. The number of nitrogens with zero attached hydrogens (tertiary/aromatic N) is 3. The Kier molecular flexibility index (Phi) is 5.80. The lowest BCUT2D eigenvalue weighted by molar-refractivity contribution is -0.384. The quantitative estimate of drug-likeness (QED) is 0.293. The number of hydrogen-bond donors (Lipinski definition) is 0. The second-order valence-electron chi connectivity index (χ2n) is 7.96. The predicted octanol–water partition coefficient (Wildman–Crippen LogP) is 4.15. The highest BCUT2D eigenvalue weighted by molar-refractivity contribution is 6.33. The first-order valence-electron chi connectivity index (χ1n) is 10.1. The average Bonchev–Trinajstić information content (AvgIpc) is 3.01. The van der Waals surface area contributed by atoms with Crippen molar-refractivity contribution in [2.24, 2.45) is 11.8 Å². The minimum absolute atomic E-state index is 0.0985. The van der Waals surface area contributed by atoms with Gasteiger partial charge in [-0.2, -0.15) is 5.01 Å². The van der Waals surface area contributed by atoms with Gasteiger partial charge in [0.1, 0.15) is 0 Å². The molecular formula is C23H20ClN3O5. The maximum absolute atomic E-state index is 13.5. The van der Waals surface area contributed by atoms with Gasteiger partial charge in [0.15, 0.2) is 0 Å². The Morgan fingerprint density at radius 2 is 1.78 bits per heavy atom. The number of benzene rings is 2. The summed E-state index contributed by atoms with van der Waals surface area (Å²) < 4.78 is 0. The molecule has 2 aromatic rings. The van der Waals surface area contributed by atoms with Crippen LogP contribution in [0.3, 0.4) is 0 Å². The number of hydrogen-bond acceptors (Lipinski definition) is 5. The number of hydrazine groups is 1. The third-order valence-electron chi connectivity index (χ3n) is 5.86. The van der Waals surface area contributed by atoms with Gasteiger partial charge in [-0.1, -0.05) is 47.5 Å². The summed E-state index contributed by atoms with van der Waals surface area (Å²) in [5.41, 5.74) is 1.62. The van der Waals surface area contributed by atoms with Gasteiger partial charge < -0.3 is 0 Å². The van der Waals surface area contributed by atoms with E-state index in [4.69, 9.17) is 11.6 Å². The molecule has 2 atom stereocenters. The molecule has 0 radical (unpaired) electrons. The predicted molar refractivity (Wildman–Crippen MR) is 116 cm³/mol. The number of allylic oxidation sites excluding steroid dienone is 2. The summed E-state index contributed by atoms with van der Waals surface area (Å²) in [6, 6.07) is 12.0. The number of nitro groups is 1. The molecule has 0 aromatic heterocycles. The molecule has 0 saturated carbocycles. The van der Waals surface area contributed by atoms with Crippen LogP contribution in [-0.4, -0.2) is 32.7 Å². The Balaban J connectivity index is 1.71. The van der Waals surface area contributed by atoms with E-state index in [0.717, 1.165) is 15.6 Å². The lowest BCUT2D eigenvalue weighted by atomic mass is 9.82. The van der Waals surface area contributed by atoms with E-state index in [2.05, 4.69) is 0 Å². The number of non-ortho nitro benzene ring substituents is 1. The first kappa shape index (κ1) is 21.7. The summed E-state index contributed by atoms with van der Waals surface area (Å²) in [7, 11) is 0. The minimum atomic E-state index is -0.598. The van der Waals surface area contributed by atoms with E-state index in [1.54, 1.807) is 18.2 Å². The Bertz CT molecular complexity index is 1140. The van der Waals surface area contributed by atoms with Gasteiger partial charge in [-0.05, 0) is 37.5 Å². The van der Waals surface area contributed by atoms with Crippen LogP contribution in [-0.2, 0) is 16.1 Å². The molecule has 1 fully saturated rings. The van der Waals surface area contributed by atoms with Crippen LogP contribution in [0.25, 0.3) is 0 Å². The van der Waals surface area contributed by atoms with Crippen molar-refractivity contribution < 1.29 is 19.3 Å². The molecular weight excluding hydrogens is 434 g/mol. The average molecular weight is 454 g/mol. The molecule has 9 heteroatoms. The number of nitro benzene ring substituents is 1. The van der Waals surface area contributed by atoms with Gasteiger partial charge in [-0.15, -0.1) is 0 Å². The summed E-state index contributed by atoms with van der Waals surface area (Å²) >= 11 is 6.22. The van der Waals surface area contributed by atoms with Gasteiger partial charge in [0.2, 0.25) is 0 Å². The van der Waals surface area contributed by atoms with Crippen molar-refractivity contribution >= 4 is 35.0 Å². The van der Waals surface area contributed by atoms with E-state index in [0.29, 0.717) is 18.4 Å². The van der Waals surface area contributed by atoms with Crippen LogP contribution < -0.4 is 0 Å². The van der Waals surface area contributed by atoms with Crippen molar-refractivity contribution in [3.05, 3.63) is 86.4 Å². The van der Waals surface area contributed by atoms with E-state index in [9.17, 15) is 24.5 Å². The number of rotatable bonds is 5. The van der Waals surface area contributed by atoms with E-state index in [1.807, 2.05) is 13.0 Å². The summed E-state index contributed by atoms with van der Waals surface area (Å²) in [5, 5.41) is 13.2. The number of carbonyl (C=O) groups excluding carboxylic acids is 3. The molecule has 0 unspecified atom stereocenters. The molecule has 2 aromatic carbocycles. The van der Waals surface area contributed by atoms with Crippen molar-refractivity contribution in [1.29, 1.82) is 0 Å². The third kappa shape index (κ3) is 3.89. The number of amides is 3. The first-order valence-corrected chi connectivity index (χ1v) is 10.5. The molecule has 0 spiro atoms. The fourth-order valence-corrected chi connectivity index (χ4v) is 4.38. The number of imide groups is 1. The summed E-state index contributed by atoms with van der Waals surface area (Å²) in [6.45, 7) is 1.80. The van der Waals surface area contributed by atoms with Crippen molar-refractivity contribution in [3.63, 3.8) is 0 Å². The smallest absolute Gasteiger partial charge is 0.272 e. The normalized spacial score (nSPS) is 20.1. The van der Waals surface area contributed by atoms with Crippen LogP contribution in [0.2, 0.25) is 5.02 Å². The third-order valence-corrected chi connectivity index (χ3v) is 6.19. The van der Waals surface area contributed by atoms with Crippen molar-refractivity contribution in [3.8, 4) is 0 Å². The fourth-order valence-electron chi connectivity index (χ4n) is 4.16. The van der Waals surface area contributed by atoms with Crippen LogP contribution in [0, 0.1) is 22.0 Å². The molecule has 164 valence electrons. The summed E-state index contributed by atoms with van der Waals surface area (Å²) in [6.07, 6.45) is 2.87. The lowest BCUT2D eigenvalue weighted by Crippen LogP contribution is -2.49. The zero-order valence-electron chi connectivity index (χ0n) is 17.2. The highest BCUT2D eigenvalue weighted by Gasteiger charge is 2.51. The number of halogens is 1. The number of fused-ring (bicyclic) bond motifs is 1. The molecule has 2 aliphatic rings. The van der Waals surface area contributed by atoms with E-state index in [1.165, 1.54) is 30.3 Å². The second-order valence-corrected chi connectivity index (χ2v) is 8.36. The van der Waals surface area contributed by atoms with Crippen molar-refractivity contribution in [2.75, 3.05) is 0 Å². The zero-order chi connectivity index (χ0) is 23.0. The van der Waals surface area contributed by atoms with Gasteiger partial charge in [0.25, 0.3) is 23.4 Å². The molecule has 1 heterocycles. The van der Waals surface area contributed by atoms with Crippen molar-refractivity contribution in [2.45, 2.75) is 26.3 Å². The molecule has 3 amide bonds. The van der Waals surface area contributed by atoms with Gasteiger partial charge in [0.05, 0.1) is 33.9 Å². The molecule has 1 aliphatic heterocycles. The minimum Gasteiger partial charge on any atom is -0.272 e. The van der Waals surface area contributed by atoms with E-state index < -0.39 is 34.5 Å². The maximum Gasteiger partial charge on any atom is 0.274 e. The topological polar surface area (TPSA) is 101 Å². The molecule has 32 heavy (non-hydrogen) atoms. The molecule has 1 saturated heterocycles. The van der Waals surface area contributed by atoms with Crippen molar-refractivity contribution in [1.82, 2.24) is 10.0 Å².